The van der Waals surface area contributed by atoms with Gasteiger partial charge < -0.3 is 33.3 Å². The number of hydrogen-bond donors (Lipinski definition) is 1. The van der Waals surface area contributed by atoms with Gasteiger partial charge in [0.05, 0.1) is 37.4 Å². The van der Waals surface area contributed by atoms with Crippen molar-refractivity contribution < 1.29 is 33.0 Å². The molecule has 11 heteroatoms. The predicted octanol–water partition coefficient (Wildman–Crippen LogP) is 9.83. The third-order valence-corrected chi connectivity index (χ3v) is 14.1. The lowest BCUT2D eigenvalue weighted by Gasteiger charge is -2.41. The summed E-state index contributed by atoms with van der Waals surface area (Å²) in [7, 11) is -1.03. The molecule has 4 aromatic rings. The average molecular weight is 759 g/mol. The summed E-state index contributed by atoms with van der Waals surface area (Å²) >= 11 is 0. The minimum absolute atomic E-state index is 0.104. The molecule has 1 unspecified atom stereocenters. The van der Waals surface area contributed by atoms with Crippen LogP contribution in [0.5, 0.6) is 11.5 Å². The number of H-pyrrole nitrogens is 1. The van der Waals surface area contributed by atoms with Crippen molar-refractivity contribution >= 4 is 31.3 Å². The molecular formula is C43H58N2O8Si. The number of unbranched alkanes of at least 4 members (excludes halogenated alkanes) is 3. The second-order valence-corrected chi connectivity index (χ2v) is 20.9. The summed E-state index contributed by atoms with van der Waals surface area (Å²) < 4.78 is 30.0. The standard InChI is InChI=1S/C43H58N2O8Si/c1-42(2,3)52-41(48)45(26-15-10-11-16-27-50-33-21-17-20-32(28-33)40(47)49-7)29-37(53-54(8,9)43(4,5)6)34-22-24-36(39-35(34)23-25-38(46)44-39)51-30-31-18-13-12-14-19-31/h12-14,17-25,28,37H,10-11,15-16,26-27,29-30H2,1-9H3,(H,44,46). The second kappa shape index (κ2) is 18.6. The number of rotatable bonds is 17. The van der Waals surface area contributed by atoms with Gasteiger partial charge in [-0.05, 0) is 93.2 Å². The van der Waals surface area contributed by atoms with Crippen LogP contribution in [-0.4, -0.2) is 62.7 Å². The normalized spacial score (nSPS) is 12.6. The van der Waals surface area contributed by atoms with E-state index in [4.69, 9.17) is 23.4 Å². The molecule has 1 N–H and O–H groups in total. The van der Waals surface area contributed by atoms with E-state index in [2.05, 4.69) is 38.8 Å². The van der Waals surface area contributed by atoms with E-state index in [9.17, 15) is 14.4 Å². The van der Waals surface area contributed by atoms with Gasteiger partial charge in [-0.15, -0.1) is 0 Å². The zero-order valence-corrected chi connectivity index (χ0v) is 34.5. The molecule has 1 amide bonds. The summed E-state index contributed by atoms with van der Waals surface area (Å²) in [6.07, 6.45) is 2.42. The van der Waals surface area contributed by atoms with Gasteiger partial charge in [-0.1, -0.05) is 76.1 Å². The van der Waals surface area contributed by atoms with Crippen molar-refractivity contribution in [2.75, 3.05) is 26.8 Å². The van der Waals surface area contributed by atoms with Gasteiger partial charge in [-0.25, -0.2) is 9.59 Å². The fourth-order valence-corrected chi connectivity index (χ4v) is 6.95. The monoisotopic (exact) mass is 758 g/mol. The Morgan fingerprint density at radius 2 is 1.56 bits per heavy atom. The summed E-state index contributed by atoms with van der Waals surface area (Å²) in [5.41, 5.74) is 1.99. The van der Waals surface area contributed by atoms with E-state index in [-0.39, 0.29) is 17.1 Å². The molecule has 4 rings (SSSR count). The third kappa shape index (κ3) is 12.2. The van der Waals surface area contributed by atoms with Crippen molar-refractivity contribution in [3.63, 3.8) is 0 Å². The molecule has 0 bridgehead atoms. The van der Waals surface area contributed by atoms with Gasteiger partial charge >= 0.3 is 12.1 Å². The van der Waals surface area contributed by atoms with Gasteiger partial charge in [0.2, 0.25) is 5.56 Å². The molecule has 1 heterocycles. The number of aromatic amines is 1. The summed E-state index contributed by atoms with van der Waals surface area (Å²) in [6.45, 7) is 18.2. The Morgan fingerprint density at radius 3 is 2.24 bits per heavy atom. The van der Waals surface area contributed by atoms with Crippen LogP contribution in [0.25, 0.3) is 10.9 Å². The summed E-state index contributed by atoms with van der Waals surface area (Å²) in [6, 6.07) is 24.0. The second-order valence-electron chi connectivity index (χ2n) is 16.1. The van der Waals surface area contributed by atoms with Crippen molar-refractivity contribution in [3.05, 3.63) is 106 Å². The van der Waals surface area contributed by atoms with Crippen molar-refractivity contribution in [2.24, 2.45) is 0 Å². The molecule has 54 heavy (non-hydrogen) atoms. The van der Waals surface area contributed by atoms with Crippen molar-refractivity contribution in [3.8, 4) is 11.5 Å². The molecule has 10 nitrogen and oxygen atoms in total. The van der Waals surface area contributed by atoms with E-state index in [0.29, 0.717) is 42.3 Å². The van der Waals surface area contributed by atoms with Gasteiger partial charge in [0.25, 0.3) is 0 Å². The molecule has 0 saturated heterocycles. The molecule has 0 spiro atoms. The van der Waals surface area contributed by atoms with E-state index in [0.717, 1.165) is 42.2 Å². The summed E-state index contributed by atoms with van der Waals surface area (Å²) in [5.74, 6) is 0.777. The minimum Gasteiger partial charge on any atom is -0.494 e. The number of methoxy groups -OCH3 is 1. The number of esters is 1. The van der Waals surface area contributed by atoms with Crippen LogP contribution in [-0.2, 0) is 20.5 Å². The lowest BCUT2D eigenvalue weighted by Crippen LogP contribution is -2.46. The van der Waals surface area contributed by atoms with Crippen LogP contribution in [0.3, 0.4) is 0 Å². The molecule has 1 atom stereocenters. The van der Waals surface area contributed by atoms with Crippen LogP contribution in [0.4, 0.5) is 4.79 Å². The highest BCUT2D eigenvalue weighted by molar-refractivity contribution is 6.74. The molecule has 0 fully saturated rings. The van der Waals surface area contributed by atoms with Crippen LogP contribution in [0.15, 0.2) is 83.7 Å². The lowest BCUT2D eigenvalue weighted by molar-refractivity contribution is 0.0153. The number of aromatic nitrogens is 1. The molecule has 0 saturated carbocycles. The minimum atomic E-state index is -2.39. The van der Waals surface area contributed by atoms with E-state index in [1.165, 1.54) is 13.2 Å². The Balaban J connectivity index is 1.55. The van der Waals surface area contributed by atoms with Crippen LogP contribution >= 0.6 is 0 Å². The quantitative estimate of drug-likeness (QED) is 0.0643. The third-order valence-electron chi connectivity index (χ3n) is 9.60. The van der Waals surface area contributed by atoms with Gasteiger partial charge in [0, 0.05) is 18.0 Å². The average Bonchev–Trinajstić information content (AvgIpc) is 3.11. The SMILES string of the molecule is COC(=O)c1cccc(OCCCCCCN(CC(O[Si](C)(C)C(C)(C)C)c2ccc(OCc3ccccc3)c3[nH]c(=O)ccc23)C(=O)OC(C)(C)C)c1. The summed E-state index contributed by atoms with van der Waals surface area (Å²) in [5, 5.41) is 0.693. The first-order valence-electron chi connectivity index (χ1n) is 18.8. The smallest absolute Gasteiger partial charge is 0.410 e. The molecule has 292 valence electrons. The van der Waals surface area contributed by atoms with Crippen molar-refractivity contribution in [1.29, 1.82) is 0 Å². The Bertz CT molecular complexity index is 1900. The number of nitrogens with one attached hydrogen (secondary N) is 1. The van der Waals surface area contributed by atoms with Gasteiger partial charge in [0.1, 0.15) is 23.7 Å². The van der Waals surface area contributed by atoms with Crippen molar-refractivity contribution in [2.45, 2.75) is 104 Å². The topological polar surface area (TPSA) is 116 Å². The number of carbonyl (C=O) groups is 2. The number of fused-ring (bicyclic) bond motifs is 1. The van der Waals surface area contributed by atoms with Crippen molar-refractivity contribution in [1.82, 2.24) is 9.88 Å². The largest absolute Gasteiger partial charge is 0.494 e. The zero-order valence-electron chi connectivity index (χ0n) is 33.5. The van der Waals surface area contributed by atoms with Gasteiger partial charge in [-0.3, -0.25) is 4.79 Å². The van der Waals surface area contributed by atoms with Crippen LogP contribution in [0, 0.1) is 0 Å². The number of amides is 1. The van der Waals surface area contributed by atoms with Gasteiger partial charge in [0.15, 0.2) is 8.32 Å². The first-order chi connectivity index (χ1) is 25.5. The summed E-state index contributed by atoms with van der Waals surface area (Å²) in [4.78, 5) is 43.1. The first-order valence-corrected chi connectivity index (χ1v) is 21.7. The Labute approximate surface area is 321 Å². The fraction of sp³-hybridized carbons (Fsp3) is 0.465. The molecule has 0 aliphatic rings. The highest BCUT2D eigenvalue weighted by Gasteiger charge is 2.41. The lowest BCUT2D eigenvalue weighted by atomic mass is 10.0. The number of pyridine rings is 1. The molecule has 3 aromatic carbocycles. The van der Waals surface area contributed by atoms with E-state index in [1.54, 1.807) is 23.1 Å². The number of nitrogens with zero attached hydrogens (tertiary/aromatic N) is 1. The molecular weight excluding hydrogens is 701 g/mol. The number of carbonyl (C=O) groups excluding carboxylic acids is 2. The van der Waals surface area contributed by atoms with Crippen LogP contribution in [0.2, 0.25) is 18.1 Å². The van der Waals surface area contributed by atoms with E-state index >= 15 is 0 Å². The Morgan fingerprint density at radius 1 is 0.833 bits per heavy atom. The van der Waals surface area contributed by atoms with Crippen LogP contribution < -0.4 is 15.0 Å². The Kier molecular flexibility index (Phi) is 14.5. The van der Waals surface area contributed by atoms with Crippen LogP contribution in [0.1, 0.15) is 94.8 Å². The maximum Gasteiger partial charge on any atom is 0.410 e. The van der Waals surface area contributed by atoms with E-state index in [1.807, 2.05) is 75.4 Å². The molecule has 1 aromatic heterocycles. The number of benzene rings is 3. The highest BCUT2D eigenvalue weighted by atomic mass is 28.4. The maximum atomic E-state index is 13.8. The zero-order chi connectivity index (χ0) is 39.5. The fourth-order valence-electron chi connectivity index (χ4n) is 5.68. The maximum absolute atomic E-state index is 13.8. The molecule has 0 aliphatic carbocycles. The number of ether oxygens (including phenoxy) is 4. The van der Waals surface area contributed by atoms with Gasteiger partial charge in [-0.2, -0.15) is 0 Å². The molecule has 0 radical (unpaired) electrons. The Hall–Kier alpha value is -4.61. The molecule has 0 aliphatic heterocycles. The predicted molar refractivity (Wildman–Crippen MR) is 216 cm³/mol. The highest BCUT2D eigenvalue weighted by Crippen LogP contribution is 2.42. The number of hydrogen-bond acceptors (Lipinski definition) is 8. The first kappa shape index (κ1) is 42.1. The van der Waals surface area contributed by atoms with E-state index < -0.39 is 32.1 Å².